The average molecular weight is 135 g/mol. The van der Waals surface area contributed by atoms with E-state index >= 15 is 0 Å². The van der Waals surface area contributed by atoms with Crippen LogP contribution in [0.1, 0.15) is 12.8 Å². The lowest BCUT2D eigenvalue weighted by Crippen LogP contribution is -2.17. The summed E-state index contributed by atoms with van der Waals surface area (Å²) >= 11 is 0. The first-order chi connectivity index (χ1) is 3.27. The van der Waals surface area contributed by atoms with Crippen molar-refractivity contribution in [2.24, 2.45) is 10.7 Å². The zero-order valence-electron chi connectivity index (χ0n) is 4.26. The molecule has 0 amide bonds. The van der Waals surface area contributed by atoms with Crippen molar-refractivity contribution < 1.29 is 4.79 Å². The fraction of sp³-hybridized carbons (Fsp3) is 0.750. The lowest BCUT2D eigenvalue weighted by atomic mass is 10.6. The summed E-state index contributed by atoms with van der Waals surface area (Å²) < 4.78 is 0. The second-order valence-electron chi connectivity index (χ2n) is 1.81. The Balaban J connectivity index is 0.000000490. The average Bonchev–Trinajstić information content (AvgIpc) is 2.22. The maximum Gasteiger partial charge on any atom is 0.236 e. The molecule has 0 aromatic carbocycles. The Hall–Kier alpha value is -0.370. The van der Waals surface area contributed by atoms with Gasteiger partial charge in [-0.15, -0.1) is 12.4 Å². The van der Waals surface area contributed by atoms with Gasteiger partial charge in [-0.2, -0.15) is 4.99 Å². The van der Waals surface area contributed by atoms with Crippen molar-refractivity contribution in [1.29, 1.82) is 0 Å². The van der Waals surface area contributed by atoms with Crippen LogP contribution in [-0.2, 0) is 4.79 Å². The Bertz CT molecular complexity index is 126. The predicted octanol–water partition coefficient (Wildman–Crippen LogP) is 0.193. The van der Waals surface area contributed by atoms with Crippen LogP contribution in [0.5, 0.6) is 0 Å². The summed E-state index contributed by atoms with van der Waals surface area (Å²) in [7, 11) is 0. The molecule has 0 unspecified atom stereocenters. The van der Waals surface area contributed by atoms with E-state index in [1.807, 2.05) is 0 Å². The van der Waals surface area contributed by atoms with Crippen LogP contribution in [0.25, 0.3) is 0 Å². The van der Waals surface area contributed by atoms with Crippen LogP contribution in [0.15, 0.2) is 4.99 Å². The molecule has 0 heterocycles. The Morgan fingerprint density at radius 2 is 2.12 bits per heavy atom. The van der Waals surface area contributed by atoms with E-state index in [0.717, 1.165) is 12.8 Å². The van der Waals surface area contributed by atoms with E-state index in [2.05, 4.69) is 4.99 Å². The molecule has 1 fully saturated rings. The van der Waals surface area contributed by atoms with Gasteiger partial charge in [-0.1, -0.05) is 0 Å². The highest BCUT2D eigenvalue weighted by molar-refractivity contribution is 5.85. The zero-order valence-corrected chi connectivity index (χ0v) is 5.07. The van der Waals surface area contributed by atoms with E-state index in [9.17, 15) is 4.79 Å². The van der Waals surface area contributed by atoms with Gasteiger partial charge < -0.3 is 5.73 Å². The van der Waals surface area contributed by atoms with Crippen LogP contribution in [0.4, 0.5) is 0 Å². The third kappa shape index (κ3) is 1.62. The number of hydrogen-bond acceptors (Lipinski definition) is 3. The van der Waals surface area contributed by atoms with E-state index in [4.69, 9.17) is 5.73 Å². The van der Waals surface area contributed by atoms with Gasteiger partial charge in [0.15, 0.2) is 0 Å². The molecule has 1 aliphatic carbocycles. The number of rotatable bonds is 1. The highest BCUT2D eigenvalue weighted by atomic mass is 35.5. The van der Waals surface area contributed by atoms with Gasteiger partial charge in [0.2, 0.25) is 6.08 Å². The van der Waals surface area contributed by atoms with Crippen LogP contribution in [-0.4, -0.2) is 11.7 Å². The molecule has 0 saturated heterocycles. The molecule has 1 saturated carbocycles. The first kappa shape index (κ1) is 7.63. The fourth-order valence-corrected chi connectivity index (χ4v) is 0.331. The summed E-state index contributed by atoms with van der Waals surface area (Å²) in [6, 6.07) is 0. The van der Waals surface area contributed by atoms with Crippen molar-refractivity contribution in [3.8, 4) is 0 Å². The normalized spacial score (nSPS) is 20.1. The van der Waals surface area contributed by atoms with Gasteiger partial charge in [-0.3, -0.25) is 0 Å². The van der Waals surface area contributed by atoms with Crippen LogP contribution in [0, 0.1) is 0 Å². The molecule has 0 atom stereocenters. The van der Waals surface area contributed by atoms with Crippen molar-refractivity contribution in [3.63, 3.8) is 0 Å². The first-order valence-electron chi connectivity index (χ1n) is 2.15. The summed E-state index contributed by atoms with van der Waals surface area (Å²) in [6.45, 7) is 0. The molecular formula is C4H7ClN2O. The predicted molar refractivity (Wildman–Crippen MR) is 31.5 cm³/mol. The minimum Gasteiger partial charge on any atom is -0.306 e. The highest BCUT2D eigenvalue weighted by Crippen LogP contribution is 2.32. The van der Waals surface area contributed by atoms with Crippen molar-refractivity contribution in [2.45, 2.75) is 18.5 Å². The lowest BCUT2D eigenvalue weighted by Gasteiger charge is -1.89. The minimum atomic E-state index is -0.498. The van der Waals surface area contributed by atoms with Crippen LogP contribution in [0.3, 0.4) is 0 Å². The minimum absolute atomic E-state index is 0. The monoisotopic (exact) mass is 134 g/mol. The van der Waals surface area contributed by atoms with E-state index in [0.29, 0.717) is 0 Å². The van der Waals surface area contributed by atoms with Crippen molar-refractivity contribution >= 4 is 18.5 Å². The number of nitrogens with two attached hydrogens (primary N) is 1. The largest absolute Gasteiger partial charge is 0.306 e. The van der Waals surface area contributed by atoms with Gasteiger partial charge in [0, 0.05) is 0 Å². The van der Waals surface area contributed by atoms with Gasteiger partial charge in [0.05, 0.1) is 0 Å². The number of carbonyl (C=O) groups excluding carboxylic acids is 1. The number of isocyanates is 1. The maximum absolute atomic E-state index is 9.49. The maximum atomic E-state index is 9.49. The molecule has 2 N–H and O–H groups in total. The van der Waals surface area contributed by atoms with Crippen molar-refractivity contribution in [2.75, 3.05) is 0 Å². The molecule has 0 aromatic heterocycles. The summed E-state index contributed by atoms with van der Waals surface area (Å²) in [4.78, 5) is 12.8. The Morgan fingerprint density at radius 1 is 1.62 bits per heavy atom. The van der Waals surface area contributed by atoms with Crippen molar-refractivity contribution in [3.05, 3.63) is 0 Å². The molecule has 1 aliphatic rings. The van der Waals surface area contributed by atoms with E-state index in [1.165, 1.54) is 6.08 Å². The molecule has 0 radical (unpaired) electrons. The molecule has 1 rings (SSSR count). The summed E-state index contributed by atoms with van der Waals surface area (Å²) in [5, 5.41) is 0. The van der Waals surface area contributed by atoms with Gasteiger partial charge in [-0.05, 0) is 12.8 Å². The van der Waals surface area contributed by atoms with Gasteiger partial charge in [-0.25, -0.2) is 4.79 Å². The second kappa shape index (κ2) is 2.27. The summed E-state index contributed by atoms with van der Waals surface area (Å²) in [6.07, 6.45) is 3.09. The van der Waals surface area contributed by atoms with Crippen LogP contribution in [0.2, 0.25) is 0 Å². The lowest BCUT2D eigenvalue weighted by molar-refractivity contribution is 0.556. The molecule has 46 valence electrons. The molecule has 3 nitrogen and oxygen atoms in total. The highest BCUT2D eigenvalue weighted by Gasteiger charge is 2.38. The van der Waals surface area contributed by atoms with Gasteiger partial charge >= 0.3 is 0 Å². The standard InChI is InChI=1S/C4H6N2O.ClH/c5-4(1-2-4)6-3-7;/h1-2,5H2;1H. The van der Waals surface area contributed by atoms with Crippen LogP contribution < -0.4 is 5.73 Å². The molecule has 0 aliphatic heterocycles. The number of hydrogen-bond donors (Lipinski definition) is 1. The summed E-state index contributed by atoms with van der Waals surface area (Å²) in [5.41, 5.74) is 4.83. The molecule has 4 heteroatoms. The Labute approximate surface area is 53.4 Å². The second-order valence-corrected chi connectivity index (χ2v) is 1.81. The van der Waals surface area contributed by atoms with Crippen molar-refractivity contribution in [1.82, 2.24) is 0 Å². The van der Waals surface area contributed by atoms with E-state index in [1.54, 1.807) is 0 Å². The number of halogens is 1. The van der Waals surface area contributed by atoms with Gasteiger partial charge in [0.25, 0.3) is 0 Å². The number of nitrogens with zero attached hydrogens (tertiary/aromatic N) is 1. The topological polar surface area (TPSA) is 55.4 Å². The zero-order chi connectivity index (χ0) is 5.33. The van der Waals surface area contributed by atoms with E-state index in [-0.39, 0.29) is 12.4 Å². The fourth-order valence-electron chi connectivity index (χ4n) is 0.331. The van der Waals surface area contributed by atoms with Gasteiger partial charge in [0.1, 0.15) is 5.66 Å². The van der Waals surface area contributed by atoms with Crippen LogP contribution >= 0.6 is 12.4 Å². The Kier molecular flexibility index (Phi) is 2.16. The first-order valence-corrected chi connectivity index (χ1v) is 2.15. The molecular weight excluding hydrogens is 128 g/mol. The Morgan fingerprint density at radius 3 is 2.25 bits per heavy atom. The summed E-state index contributed by atoms with van der Waals surface area (Å²) in [5.74, 6) is 0. The number of aliphatic imine (C=N–C) groups is 1. The SMILES string of the molecule is Cl.NC1(N=C=O)CC1. The quantitative estimate of drug-likeness (QED) is 0.411. The van der Waals surface area contributed by atoms with E-state index < -0.39 is 5.66 Å². The third-order valence-corrected chi connectivity index (χ3v) is 1.03. The molecule has 0 aromatic rings. The third-order valence-electron chi connectivity index (χ3n) is 1.03. The molecule has 8 heavy (non-hydrogen) atoms. The molecule has 0 spiro atoms. The molecule has 0 bridgehead atoms. The smallest absolute Gasteiger partial charge is 0.236 e.